The highest BCUT2D eigenvalue weighted by Crippen LogP contribution is 2.34. The fourth-order valence-electron chi connectivity index (χ4n) is 3.73. The van der Waals surface area contributed by atoms with Crippen LogP contribution in [0.3, 0.4) is 0 Å². The number of fused-ring (bicyclic) bond motifs is 1. The second kappa shape index (κ2) is 12.5. The monoisotopic (exact) mass is 557 g/mol. The van der Waals surface area contributed by atoms with Crippen molar-refractivity contribution in [3.05, 3.63) is 72.0 Å². The highest BCUT2D eigenvalue weighted by atomic mass is 32.2. The zero-order valence-electron chi connectivity index (χ0n) is 21.4. The molecule has 0 bridgehead atoms. The fraction of sp³-hybridized carbons (Fsp3) is 0.259. The summed E-state index contributed by atoms with van der Waals surface area (Å²) in [4.78, 5) is 12.7. The quantitative estimate of drug-likeness (QED) is 0.282. The number of rotatable bonds is 11. The molecule has 1 aliphatic heterocycles. The van der Waals surface area contributed by atoms with E-state index in [9.17, 15) is 17.6 Å². The summed E-state index contributed by atoms with van der Waals surface area (Å²) in [6.45, 7) is 4.64. The number of nitrogens with zero attached hydrogens (tertiary/aromatic N) is 2. The summed E-state index contributed by atoms with van der Waals surface area (Å²) >= 11 is 0. The molecule has 0 atom stereocenters. The third-order valence-electron chi connectivity index (χ3n) is 5.47. The van der Waals surface area contributed by atoms with Gasteiger partial charge in [0.05, 0.1) is 30.0 Å². The Balaban J connectivity index is 1.54. The zero-order chi connectivity index (χ0) is 27.8. The Morgan fingerprint density at radius 3 is 2.38 bits per heavy atom. The Morgan fingerprint density at radius 2 is 1.67 bits per heavy atom. The topological polar surface area (TPSA) is 116 Å². The molecule has 206 valence electrons. The number of hydrazone groups is 1. The van der Waals surface area contributed by atoms with Gasteiger partial charge >= 0.3 is 0 Å². The number of ether oxygens (including phenoxy) is 4. The molecule has 1 heterocycles. The summed E-state index contributed by atoms with van der Waals surface area (Å²) < 4.78 is 63.8. The minimum absolute atomic E-state index is 0.0956. The number of amides is 1. The molecule has 39 heavy (non-hydrogen) atoms. The second-order valence-electron chi connectivity index (χ2n) is 8.16. The van der Waals surface area contributed by atoms with Crippen LogP contribution in [0.1, 0.15) is 19.4 Å². The standard InChI is InChI=1S/C27H28FN3O7S/c1-3-35-23-11-5-19(15-25(23)36-4-2)17-29-30-27(32)18-31(21-8-6-20(28)7-9-21)39(33,34)22-10-12-24-26(16-22)38-14-13-37-24/h5-12,15-17H,3-4,13-14,18H2,1-2H3,(H,30,32)/b29-17-. The molecule has 3 aromatic rings. The van der Waals surface area contributed by atoms with Gasteiger partial charge < -0.3 is 18.9 Å². The summed E-state index contributed by atoms with van der Waals surface area (Å²) in [6, 6.07) is 14.1. The third-order valence-corrected chi connectivity index (χ3v) is 7.24. The van der Waals surface area contributed by atoms with Gasteiger partial charge in [-0.2, -0.15) is 5.10 Å². The molecule has 0 spiro atoms. The number of carbonyl (C=O) groups is 1. The average molecular weight is 558 g/mol. The van der Waals surface area contributed by atoms with Crippen molar-refractivity contribution in [1.29, 1.82) is 0 Å². The van der Waals surface area contributed by atoms with E-state index in [1.165, 1.54) is 36.5 Å². The van der Waals surface area contributed by atoms with Crippen molar-refractivity contribution in [2.45, 2.75) is 18.7 Å². The molecule has 0 saturated heterocycles. The van der Waals surface area contributed by atoms with E-state index in [4.69, 9.17) is 18.9 Å². The van der Waals surface area contributed by atoms with Gasteiger partial charge in [-0.15, -0.1) is 0 Å². The largest absolute Gasteiger partial charge is 0.490 e. The summed E-state index contributed by atoms with van der Waals surface area (Å²) in [6.07, 6.45) is 1.40. The Kier molecular flexibility index (Phi) is 8.87. The van der Waals surface area contributed by atoms with Crippen molar-refractivity contribution in [1.82, 2.24) is 5.43 Å². The molecule has 3 aromatic carbocycles. The molecule has 0 unspecified atom stereocenters. The van der Waals surface area contributed by atoms with Gasteiger partial charge in [0.1, 0.15) is 25.6 Å². The number of sulfonamides is 1. The summed E-state index contributed by atoms with van der Waals surface area (Å²) in [5, 5.41) is 3.95. The van der Waals surface area contributed by atoms with Crippen molar-refractivity contribution >= 4 is 27.8 Å². The first-order chi connectivity index (χ1) is 18.8. The van der Waals surface area contributed by atoms with Crippen LogP contribution in [0.5, 0.6) is 23.0 Å². The Morgan fingerprint density at radius 1 is 0.974 bits per heavy atom. The van der Waals surface area contributed by atoms with E-state index in [0.717, 1.165) is 16.4 Å². The number of hydrogen-bond donors (Lipinski definition) is 1. The third kappa shape index (κ3) is 6.77. The van der Waals surface area contributed by atoms with E-state index in [-0.39, 0.29) is 22.9 Å². The first-order valence-electron chi connectivity index (χ1n) is 12.2. The molecule has 0 aromatic heterocycles. The lowest BCUT2D eigenvalue weighted by molar-refractivity contribution is -0.119. The normalized spacial score (nSPS) is 12.7. The van der Waals surface area contributed by atoms with Crippen molar-refractivity contribution in [3.63, 3.8) is 0 Å². The van der Waals surface area contributed by atoms with E-state index >= 15 is 0 Å². The number of benzene rings is 3. The first-order valence-corrected chi connectivity index (χ1v) is 13.6. The molecule has 0 radical (unpaired) electrons. The molecular weight excluding hydrogens is 529 g/mol. The van der Waals surface area contributed by atoms with Crippen LogP contribution in [-0.4, -0.2) is 53.5 Å². The zero-order valence-corrected chi connectivity index (χ0v) is 22.2. The minimum atomic E-state index is -4.26. The maximum absolute atomic E-state index is 13.6. The van der Waals surface area contributed by atoms with Crippen LogP contribution in [0.4, 0.5) is 10.1 Å². The van der Waals surface area contributed by atoms with E-state index in [2.05, 4.69) is 10.5 Å². The predicted molar refractivity (Wildman–Crippen MR) is 143 cm³/mol. The van der Waals surface area contributed by atoms with Gasteiger partial charge in [-0.1, -0.05) is 0 Å². The molecule has 1 N–H and O–H groups in total. The van der Waals surface area contributed by atoms with Crippen molar-refractivity contribution in [2.24, 2.45) is 5.10 Å². The van der Waals surface area contributed by atoms with Crippen LogP contribution in [0.15, 0.2) is 70.7 Å². The Labute approximate surface area is 226 Å². The van der Waals surface area contributed by atoms with Crippen LogP contribution >= 0.6 is 0 Å². The SMILES string of the molecule is CCOc1ccc(/C=N\NC(=O)CN(c2ccc(F)cc2)S(=O)(=O)c2ccc3c(c2)OCCO3)cc1OCC. The predicted octanol–water partition coefficient (Wildman–Crippen LogP) is 3.74. The van der Waals surface area contributed by atoms with Crippen LogP contribution in [0.25, 0.3) is 0 Å². The van der Waals surface area contributed by atoms with Gasteiger partial charge in [-0.3, -0.25) is 9.10 Å². The molecule has 1 amide bonds. The molecule has 0 aliphatic carbocycles. The van der Waals surface area contributed by atoms with Crippen molar-refractivity contribution in [2.75, 3.05) is 37.3 Å². The van der Waals surface area contributed by atoms with Crippen molar-refractivity contribution in [3.8, 4) is 23.0 Å². The van der Waals surface area contributed by atoms with Gasteiger partial charge in [-0.25, -0.2) is 18.2 Å². The van der Waals surface area contributed by atoms with Crippen LogP contribution in [0.2, 0.25) is 0 Å². The lowest BCUT2D eigenvalue weighted by Crippen LogP contribution is -2.39. The fourth-order valence-corrected chi connectivity index (χ4v) is 5.16. The summed E-state index contributed by atoms with van der Waals surface area (Å²) in [5.74, 6) is 0.543. The second-order valence-corrected chi connectivity index (χ2v) is 10.0. The van der Waals surface area contributed by atoms with E-state index in [1.807, 2.05) is 13.8 Å². The lowest BCUT2D eigenvalue weighted by Gasteiger charge is -2.25. The van der Waals surface area contributed by atoms with E-state index in [1.54, 1.807) is 18.2 Å². The van der Waals surface area contributed by atoms with Gasteiger partial charge in [0.2, 0.25) is 0 Å². The number of halogens is 1. The van der Waals surface area contributed by atoms with Crippen molar-refractivity contribution < 1.29 is 36.6 Å². The minimum Gasteiger partial charge on any atom is -0.490 e. The number of hydrogen-bond acceptors (Lipinski definition) is 8. The summed E-state index contributed by atoms with van der Waals surface area (Å²) in [5.41, 5.74) is 3.06. The number of anilines is 1. The van der Waals surface area contributed by atoms with Crippen LogP contribution in [0, 0.1) is 5.82 Å². The van der Waals surface area contributed by atoms with Gasteiger partial charge in [0.25, 0.3) is 15.9 Å². The number of carbonyl (C=O) groups excluding carboxylic acids is 1. The van der Waals surface area contributed by atoms with Gasteiger partial charge in [-0.05, 0) is 74.0 Å². The van der Waals surface area contributed by atoms with Crippen LogP contribution in [-0.2, 0) is 14.8 Å². The lowest BCUT2D eigenvalue weighted by atomic mass is 10.2. The van der Waals surface area contributed by atoms with E-state index < -0.39 is 28.3 Å². The Bertz CT molecular complexity index is 1450. The summed E-state index contributed by atoms with van der Waals surface area (Å²) in [7, 11) is -4.26. The first kappa shape index (κ1) is 27.7. The van der Waals surface area contributed by atoms with Gasteiger partial charge in [0.15, 0.2) is 23.0 Å². The van der Waals surface area contributed by atoms with Gasteiger partial charge in [0, 0.05) is 6.07 Å². The average Bonchev–Trinajstić information content (AvgIpc) is 2.93. The maximum atomic E-state index is 13.6. The van der Waals surface area contributed by atoms with Crippen LogP contribution < -0.4 is 28.7 Å². The number of nitrogens with one attached hydrogen (secondary N) is 1. The smallest absolute Gasteiger partial charge is 0.264 e. The molecule has 12 heteroatoms. The van der Waals surface area contributed by atoms with E-state index in [0.29, 0.717) is 42.6 Å². The molecule has 1 aliphatic rings. The highest BCUT2D eigenvalue weighted by Gasteiger charge is 2.29. The molecule has 0 saturated carbocycles. The maximum Gasteiger partial charge on any atom is 0.264 e. The molecular formula is C27H28FN3O7S. The molecule has 0 fully saturated rings. The highest BCUT2D eigenvalue weighted by molar-refractivity contribution is 7.92. The Hall–Kier alpha value is -4.32. The molecule has 4 rings (SSSR count). The molecule has 10 nitrogen and oxygen atoms in total.